The first-order chi connectivity index (χ1) is 13.8. The number of halogens is 3. The van der Waals surface area contributed by atoms with Crippen molar-refractivity contribution >= 4 is 11.8 Å². The van der Waals surface area contributed by atoms with Crippen LogP contribution in [-0.4, -0.2) is 54.4 Å². The van der Waals surface area contributed by atoms with Crippen LogP contribution in [0.25, 0.3) is 0 Å². The van der Waals surface area contributed by atoms with E-state index in [1.54, 1.807) is 4.90 Å². The fourth-order valence-electron chi connectivity index (χ4n) is 3.92. The van der Waals surface area contributed by atoms with Crippen LogP contribution in [0.1, 0.15) is 44.1 Å². The number of nitrogens with zero attached hydrogens (tertiary/aromatic N) is 2. The Balaban J connectivity index is 1.46. The number of likely N-dealkylation sites (tertiary alicyclic amines) is 2. The summed E-state index contributed by atoms with van der Waals surface area (Å²) in [6.45, 7) is 2.27. The summed E-state index contributed by atoms with van der Waals surface area (Å²) in [4.78, 5) is 28.7. The minimum Gasteiger partial charge on any atom is -0.484 e. The largest absolute Gasteiger partial charge is 0.484 e. The van der Waals surface area contributed by atoms with Crippen molar-refractivity contribution in [2.75, 3.05) is 32.8 Å². The molecule has 0 spiro atoms. The van der Waals surface area contributed by atoms with E-state index in [4.69, 9.17) is 4.74 Å². The van der Waals surface area contributed by atoms with E-state index in [1.807, 2.05) is 4.90 Å². The monoisotopic (exact) mass is 412 g/mol. The van der Waals surface area contributed by atoms with Crippen molar-refractivity contribution in [2.45, 2.75) is 44.7 Å². The summed E-state index contributed by atoms with van der Waals surface area (Å²) in [6, 6.07) is 4.50. The summed E-state index contributed by atoms with van der Waals surface area (Å²) >= 11 is 0. The first-order valence-electron chi connectivity index (χ1n) is 10.2. The minimum absolute atomic E-state index is 0.0133. The summed E-state index contributed by atoms with van der Waals surface area (Å²) < 4.78 is 43.5. The molecule has 0 bridgehead atoms. The second-order valence-electron chi connectivity index (χ2n) is 7.71. The van der Waals surface area contributed by atoms with Crippen LogP contribution < -0.4 is 4.74 Å². The Hall–Kier alpha value is -2.25. The van der Waals surface area contributed by atoms with Crippen molar-refractivity contribution in [3.8, 4) is 5.75 Å². The highest BCUT2D eigenvalue weighted by Gasteiger charge is 2.32. The molecule has 2 fully saturated rings. The lowest BCUT2D eigenvalue weighted by Gasteiger charge is -2.34. The maximum absolute atomic E-state index is 12.8. The highest BCUT2D eigenvalue weighted by Crippen LogP contribution is 2.31. The zero-order valence-electron chi connectivity index (χ0n) is 16.4. The van der Waals surface area contributed by atoms with Crippen LogP contribution in [0.15, 0.2) is 24.3 Å². The van der Waals surface area contributed by atoms with Crippen molar-refractivity contribution in [1.82, 2.24) is 9.80 Å². The lowest BCUT2D eigenvalue weighted by molar-refractivity contribution is -0.141. The number of amides is 2. The van der Waals surface area contributed by atoms with Gasteiger partial charge in [0.15, 0.2) is 6.61 Å². The van der Waals surface area contributed by atoms with Crippen LogP contribution in [-0.2, 0) is 15.8 Å². The molecule has 8 heteroatoms. The van der Waals surface area contributed by atoms with Gasteiger partial charge in [0.05, 0.1) is 5.56 Å². The number of alkyl halides is 3. The molecule has 160 valence electrons. The van der Waals surface area contributed by atoms with Gasteiger partial charge in [0.25, 0.3) is 5.91 Å². The molecule has 5 nitrogen and oxygen atoms in total. The van der Waals surface area contributed by atoms with Gasteiger partial charge < -0.3 is 14.5 Å². The van der Waals surface area contributed by atoms with Crippen LogP contribution in [0.3, 0.4) is 0 Å². The number of benzene rings is 1. The zero-order valence-corrected chi connectivity index (χ0v) is 16.4. The molecule has 3 rings (SSSR count). The van der Waals surface area contributed by atoms with E-state index in [0.29, 0.717) is 25.9 Å². The number of ether oxygens (including phenoxy) is 1. The van der Waals surface area contributed by atoms with E-state index < -0.39 is 11.7 Å². The maximum atomic E-state index is 12.8. The second-order valence-corrected chi connectivity index (χ2v) is 7.71. The molecule has 0 aliphatic carbocycles. The van der Waals surface area contributed by atoms with Gasteiger partial charge in [-0.25, -0.2) is 0 Å². The maximum Gasteiger partial charge on any atom is 0.416 e. The fourth-order valence-corrected chi connectivity index (χ4v) is 3.92. The molecule has 2 heterocycles. The van der Waals surface area contributed by atoms with Gasteiger partial charge >= 0.3 is 6.18 Å². The predicted molar refractivity (Wildman–Crippen MR) is 101 cm³/mol. The fraction of sp³-hybridized carbons (Fsp3) is 0.619. The van der Waals surface area contributed by atoms with Gasteiger partial charge in [-0.15, -0.1) is 0 Å². The Bertz CT molecular complexity index is 707. The molecular weight excluding hydrogens is 385 g/mol. The normalized spacial score (nSPS) is 19.0. The van der Waals surface area contributed by atoms with Crippen molar-refractivity contribution in [3.05, 3.63) is 29.8 Å². The molecule has 2 aliphatic rings. The lowest BCUT2D eigenvalue weighted by Crippen LogP contribution is -2.45. The molecule has 0 radical (unpaired) electrons. The van der Waals surface area contributed by atoms with E-state index in [1.165, 1.54) is 25.0 Å². The number of hydrogen-bond donors (Lipinski definition) is 0. The van der Waals surface area contributed by atoms with E-state index >= 15 is 0 Å². The zero-order chi connectivity index (χ0) is 20.9. The molecule has 2 saturated heterocycles. The molecule has 0 aromatic heterocycles. The van der Waals surface area contributed by atoms with E-state index in [0.717, 1.165) is 38.1 Å². The van der Waals surface area contributed by atoms with Gasteiger partial charge in [-0.3, -0.25) is 9.59 Å². The molecule has 0 atom stereocenters. The van der Waals surface area contributed by atoms with Gasteiger partial charge in [-0.1, -0.05) is 18.9 Å². The molecule has 0 saturated carbocycles. The molecular formula is C21H27F3N2O3. The molecule has 2 amide bonds. The summed E-state index contributed by atoms with van der Waals surface area (Å²) in [6.07, 6.45) is 1.22. The van der Waals surface area contributed by atoms with E-state index in [-0.39, 0.29) is 30.1 Å². The molecule has 0 unspecified atom stereocenters. The predicted octanol–water partition coefficient (Wildman–Crippen LogP) is 3.73. The van der Waals surface area contributed by atoms with Crippen LogP contribution in [0.4, 0.5) is 13.2 Å². The van der Waals surface area contributed by atoms with Gasteiger partial charge in [-0.05, 0) is 43.9 Å². The summed E-state index contributed by atoms with van der Waals surface area (Å²) in [7, 11) is 0. The van der Waals surface area contributed by atoms with Crippen molar-refractivity contribution in [3.63, 3.8) is 0 Å². The van der Waals surface area contributed by atoms with Gasteiger partial charge in [0.1, 0.15) is 5.75 Å². The van der Waals surface area contributed by atoms with E-state index in [2.05, 4.69) is 0 Å². The van der Waals surface area contributed by atoms with Crippen LogP contribution in [0.5, 0.6) is 5.75 Å². The standard InChI is InChI=1S/C21H27F3N2O3/c22-21(23,24)17-6-5-7-18(14-17)29-15-19(27)25-12-8-16(9-13-25)20(28)26-10-3-1-2-4-11-26/h5-7,14,16H,1-4,8-13,15H2. The average molecular weight is 412 g/mol. The quantitative estimate of drug-likeness (QED) is 0.757. The average Bonchev–Trinajstić information content (AvgIpc) is 3.01. The molecule has 0 N–H and O–H groups in total. The molecule has 1 aromatic carbocycles. The van der Waals surface area contributed by atoms with Gasteiger partial charge in [0.2, 0.25) is 5.91 Å². The number of carbonyl (C=O) groups is 2. The summed E-state index contributed by atoms with van der Waals surface area (Å²) in [5, 5.41) is 0. The van der Waals surface area contributed by atoms with Crippen molar-refractivity contribution in [2.24, 2.45) is 5.92 Å². The SMILES string of the molecule is O=C(COc1cccc(C(F)(F)F)c1)N1CCC(C(=O)N2CCCCCC2)CC1. The molecule has 2 aliphatic heterocycles. The lowest BCUT2D eigenvalue weighted by atomic mass is 9.95. The number of hydrogen-bond acceptors (Lipinski definition) is 3. The molecule has 29 heavy (non-hydrogen) atoms. The Morgan fingerprint density at radius 2 is 1.62 bits per heavy atom. The Labute approximate surface area is 168 Å². The summed E-state index contributed by atoms with van der Waals surface area (Å²) in [5.74, 6) is -0.122. The topological polar surface area (TPSA) is 49.9 Å². The smallest absolute Gasteiger partial charge is 0.416 e. The minimum atomic E-state index is -4.45. The third-order valence-electron chi connectivity index (χ3n) is 5.64. The first-order valence-corrected chi connectivity index (χ1v) is 10.2. The third kappa shape index (κ3) is 5.87. The number of carbonyl (C=O) groups excluding carboxylic acids is 2. The van der Waals surface area contributed by atoms with Gasteiger partial charge in [-0.2, -0.15) is 13.2 Å². The van der Waals surface area contributed by atoms with Crippen molar-refractivity contribution < 1.29 is 27.5 Å². The Kier molecular flexibility index (Phi) is 7.03. The van der Waals surface area contributed by atoms with E-state index in [9.17, 15) is 22.8 Å². The molecule has 1 aromatic rings. The summed E-state index contributed by atoms with van der Waals surface area (Å²) in [5.41, 5.74) is -0.810. The number of rotatable bonds is 4. The van der Waals surface area contributed by atoms with Crippen LogP contribution >= 0.6 is 0 Å². The second kappa shape index (κ2) is 9.50. The van der Waals surface area contributed by atoms with Crippen LogP contribution in [0, 0.1) is 5.92 Å². The third-order valence-corrected chi connectivity index (χ3v) is 5.64. The van der Waals surface area contributed by atoms with Gasteiger partial charge in [0, 0.05) is 32.1 Å². The van der Waals surface area contributed by atoms with Crippen LogP contribution in [0.2, 0.25) is 0 Å². The highest BCUT2D eigenvalue weighted by atomic mass is 19.4. The Morgan fingerprint density at radius 3 is 2.24 bits per heavy atom. The highest BCUT2D eigenvalue weighted by molar-refractivity contribution is 5.80. The number of piperidine rings is 1. The van der Waals surface area contributed by atoms with Crippen molar-refractivity contribution in [1.29, 1.82) is 0 Å². The first kappa shape index (κ1) is 21.5. The Morgan fingerprint density at radius 1 is 0.966 bits per heavy atom.